The highest BCUT2D eigenvalue weighted by atomic mass is 16.5. The van der Waals surface area contributed by atoms with Crippen molar-refractivity contribution in [2.45, 2.75) is 18.5 Å². The normalized spacial score (nSPS) is 24.4. The fourth-order valence-electron chi connectivity index (χ4n) is 3.91. The summed E-state index contributed by atoms with van der Waals surface area (Å²) in [6, 6.07) is 16.7. The van der Waals surface area contributed by atoms with E-state index in [1.807, 2.05) is 30.3 Å². The van der Waals surface area contributed by atoms with E-state index in [-0.39, 0.29) is 23.8 Å². The van der Waals surface area contributed by atoms with Gasteiger partial charge in [-0.05, 0) is 29.7 Å². The SMILES string of the molecule is COC(=O)[C@H]1[C@H]2Cc3ccccc3[C@H]2N1C(=O)c1ccccc1. The predicted octanol–water partition coefficient (Wildman–Crippen LogP) is 2.60. The smallest absolute Gasteiger partial charge is 0.329 e. The van der Waals surface area contributed by atoms with Crippen LogP contribution in [0.1, 0.15) is 27.5 Å². The van der Waals surface area contributed by atoms with Crippen molar-refractivity contribution in [3.8, 4) is 0 Å². The van der Waals surface area contributed by atoms with Crippen molar-refractivity contribution in [1.29, 1.82) is 0 Å². The lowest BCUT2D eigenvalue weighted by Crippen LogP contribution is -2.63. The molecule has 1 aliphatic carbocycles. The number of nitrogens with zero attached hydrogens (tertiary/aromatic N) is 1. The Morgan fingerprint density at radius 3 is 2.48 bits per heavy atom. The molecule has 2 aromatic rings. The zero-order valence-corrected chi connectivity index (χ0v) is 12.8. The standard InChI is InChI=1S/C19H17NO3/c1-23-19(22)17-15-11-13-9-5-6-10-14(13)16(15)20(17)18(21)12-7-3-2-4-8-12/h2-10,15-17H,11H2,1H3/t15-,16+,17+/m0/s1. The van der Waals surface area contributed by atoms with Crippen LogP contribution >= 0.6 is 0 Å². The van der Waals surface area contributed by atoms with Gasteiger partial charge in [0.2, 0.25) is 0 Å². The Balaban J connectivity index is 1.73. The topological polar surface area (TPSA) is 46.6 Å². The molecule has 3 atom stereocenters. The molecule has 4 heteroatoms. The highest BCUT2D eigenvalue weighted by molar-refractivity contribution is 5.98. The van der Waals surface area contributed by atoms with Gasteiger partial charge in [-0.1, -0.05) is 42.5 Å². The van der Waals surface area contributed by atoms with E-state index in [0.29, 0.717) is 5.56 Å². The van der Waals surface area contributed by atoms with Gasteiger partial charge in [0.15, 0.2) is 0 Å². The molecule has 0 saturated carbocycles. The molecule has 0 N–H and O–H groups in total. The number of carbonyl (C=O) groups excluding carboxylic acids is 2. The number of methoxy groups -OCH3 is 1. The van der Waals surface area contributed by atoms with Crippen LogP contribution < -0.4 is 0 Å². The van der Waals surface area contributed by atoms with Gasteiger partial charge in [0.1, 0.15) is 6.04 Å². The van der Waals surface area contributed by atoms with E-state index in [9.17, 15) is 9.59 Å². The summed E-state index contributed by atoms with van der Waals surface area (Å²) in [4.78, 5) is 26.8. The lowest BCUT2D eigenvalue weighted by Gasteiger charge is -2.50. The van der Waals surface area contributed by atoms with Crippen LogP contribution in [-0.4, -0.2) is 29.9 Å². The van der Waals surface area contributed by atoms with E-state index in [2.05, 4.69) is 12.1 Å². The third kappa shape index (κ3) is 1.98. The van der Waals surface area contributed by atoms with Crippen molar-refractivity contribution in [2.75, 3.05) is 7.11 Å². The maximum absolute atomic E-state index is 12.9. The highest BCUT2D eigenvalue weighted by Gasteiger charge is 2.58. The Labute approximate surface area is 134 Å². The zero-order chi connectivity index (χ0) is 16.0. The van der Waals surface area contributed by atoms with Crippen molar-refractivity contribution in [2.24, 2.45) is 5.92 Å². The van der Waals surface area contributed by atoms with E-state index in [4.69, 9.17) is 4.74 Å². The first-order valence-electron chi connectivity index (χ1n) is 7.75. The number of ether oxygens (including phenoxy) is 1. The van der Waals surface area contributed by atoms with Crippen molar-refractivity contribution < 1.29 is 14.3 Å². The van der Waals surface area contributed by atoms with E-state index < -0.39 is 6.04 Å². The molecule has 0 aromatic heterocycles. The van der Waals surface area contributed by atoms with Gasteiger partial charge in [0.05, 0.1) is 13.2 Å². The molecule has 1 fully saturated rings. The third-order valence-electron chi connectivity index (χ3n) is 4.94. The largest absolute Gasteiger partial charge is 0.467 e. The van der Waals surface area contributed by atoms with Gasteiger partial charge in [-0.2, -0.15) is 0 Å². The molecule has 116 valence electrons. The first-order chi connectivity index (χ1) is 11.2. The van der Waals surface area contributed by atoms with E-state index in [0.717, 1.165) is 12.0 Å². The Bertz CT molecular complexity index is 771. The number of hydrogen-bond acceptors (Lipinski definition) is 3. The maximum atomic E-state index is 12.9. The van der Waals surface area contributed by atoms with Crippen LogP contribution in [0.3, 0.4) is 0 Å². The van der Waals surface area contributed by atoms with Gasteiger partial charge < -0.3 is 9.64 Å². The van der Waals surface area contributed by atoms with Crippen LogP contribution in [0.5, 0.6) is 0 Å². The van der Waals surface area contributed by atoms with Gasteiger partial charge >= 0.3 is 5.97 Å². The number of benzene rings is 2. The lowest BCUT2D eigenvalue weighted by atomic mass is 9.79. The second kappa shape index (κ2) is 5.23. The fourth-order valence-corrected chi connectivity index (χ4v) is 3.91. The molecule has 0 bridgehead atoms. The fraction of sp³-hybridized carbons (Fsp3) is 0.263. The predicted molar refractivity (Wildman–Crippen MR) is 84.8 cm³/mol. The molecule has 4 nitrogen and oxygen atoms in total. The molecule has 1 saturated heterocycles. The highest BCUT2D eigenvalue weighted by Crippen LogP contribution is 2.52. The zero-order valence-electron chi connectivity index (χ0n) is 12.8. The molecular weight excluding hydrogens is 290 g/mol. The summed E-state index contributed by atoms with van der Waals surface area (Å²) >= 11 is 0. The minimum Gasteiger partial charge on any atom is -0.467 e. The molecule has 0 spiro atoms. The van der Waals surface area contributed by atoms with E-state index >= 15 is 0 Å². The molecule has 0 unspecified atom stereocenters. The van der Waals surface area contributed by atoms with Crippen LogP contribution in [-0.2, 0) is 16.0 Å². The quantitative estimate of drug-likeness (QED) is 0.801. The lowest BCUT2D eigenvalue weighted by molar-refractivity contribution is -0.159. The number of esters is 1. The third-order valence-corrected chi connectivity index (χ3v) is 4.94. The number of carbonyl (C=O) groups is 2. The van der Waals surface area contributed by atoms with E-state index in [1.165, 1.54) is 12.7 Å². The molecule has 0 radical (unpaired) electrons. The number of fused-ring (bicyclic) bond motifs is 3. The second-order valence-corrected chi connectivity index (χ2v) is 6.06. The molecule has 1 heterocycles. The van der Waals surface area contributed by atoms with Gasteiger partial charge in [0, 0.05) is 11.5 Å². The summed E-state index contributed by atoms with van der Waals surface area (Å²) in [5.41, 5.74) is 2.98. The summed E-state index contributed by atoms with van der Waals surface area (Å²) in [5.74, 6) is -0.324. The van der Waals surface area contributed by atoms with Crippen LogP contribution in [0.15, 0.2) is 54.6 Å². The summed E-state index contributed by atoms with van der Waals surface area (Å²) < 4.78 is 4.94. The molecular formula is C19H17NO3. The van der Waals surface area contributed by atoms with Crippen molar-refractivity contribution in [3.63, 3.8) is 0 Å². The Morgan fingerprint density at radius 1 is 1.04 bits per heavy atom. The second-order valence-electron chi connectivity index (χ2n) is 6.06. The molecule has 2 aromatic carbocycles. The number of hydrogen-bond donors (Lipinski definition) is 0. The van der Waals surface area contributed by atoms with Gasteiger partial charge in [-0.25, -0.2) is 4.79 Å². The molecule has 23 heavy (non-hydrogen) atoms. The Hall–Kier alpha value is -2.62. The summed E-state index contributed by atoms with van der Waals surface area (Å²) in [6.07, 6.45) is 0.819. The first kappa shape index (κ1) is 14.0. The summed E-state index contributed by atoms with van der Waals surface area (Å²) in [5, 5.41) is 0. The molecule has 2 aliphatic rings. The number of likely N-dealkylation sites (tertiary alicyclic amines) is 1. The monoisotopic (exact) mass is 307 g/mol. The summed E-state index contributed by atoms with van der Waals surface area (Å²) in [7, 11) is 1.38. The van der Waals surface area contributed by atoms with E-state index in [1.54, 1.807) is 17.0 Å². The number of amides is 1. The van der Waals surface area contributed by atoms with Crippen molar-refractivity contribution >= 4 is 11.9 Å². The van der Waals surface area contributed by atoms with Gasteiger partial charge in [-0.3, -0.25) is 4.79 Å². The average Bonchev–Trinajstić information content (AvgIpc) is 2.89. The van der Waals surface area contributed by atoms with Gasteiger partial charge in [-0.15, -0.1) is 0 Å². The number of rotatable bonds is 2. The van der Waals surface area contributed by atoms with Crippen LogP contribution in [0, 0.1) is 5.92 Å². The Morgan fingerprint density at radius 2 is 1.74 bits per heavy atom. The summed E-state index contributed by atoms with van der Waals surface area (Å²) in [6.45, 7) is 0. The molecule has 4 rings (SSSR count). The van der Waals surface area contributed by atoms with Crippen molar-refractivity contribution in [3.05, 3.63) is 71.3 Å². The minimum absolute atomic E-state index is 0.0250. The van der Waals surface area contributed by atoms with Crippen molar-refractivity contribution in [1.82, 2.24) is 4.90 Å². The average molecular weight is 307 g/mol. The molecule has 1 amide bonds. The first-order valence-corrected chi connectivity index (χ1v) is 7.75. The van der Waals surface area contributed by atoms with Crippen LogP contribution in [0.4, 0.5) is 0 Å². The van der Waals surface area contributed by atoms with Gasteiger partial charge in [0.25, 0.3) is 5.91 Å². The minimum atomic E-state index is -0.495. The van der Waals surface area contributed by atoms with Crippen LogP contribution in [0.25, 0.3) is 0 Å². The maximum Gasteiger partial charge on any atom is 0.329 e. The Kier molecular flexibility index (Phi) is 3.18. The van der Waals surface area contributed by atoms with Crippen LogP contribution in [0.2, 0.25) is 0 Å². The molecule has 1 aliphatic heterocycles.